The average molecular weight is 327 g/mol. The van der Waals surface area contributed by atoms with Gasteiger partial charge in [-0.2, -0.15) is 0 Å². The predicted molar refractivity (Wildman–Crippen MR) is 93.9 cm³/mol. The minimum atomic E-state index is 0.451. The standard InChI is InChI=1S/C17H25N7/c1-12-10-23(13-6-7-13)11-14(12)20-17(18-2)19-9-16-22-21-15-5-3-4-8-24(15)16/h3-5,8,12-14H,6-7,9-11H2,1-2H3,(H2,18,19,20). The molecule has 0 aromatic carbocycles. The molecule has 2 aromatic heterocycles. The van der Waals surface area contributed by atoms with E-state index in [2.05, 4.69) is 37.6 Å². The molecule has 4 rings (SSSR count). The Morgan fingerprint density at radius 3 is 2.96 bits per heavy atom. The highest BCUT2D eigenvalue weighted by Crippen LogP contribution is 2.31. The molecule has 7 heteroatoms. The Bertz CT molecular complexity index is 733. The van der Waals surface area contributed by atoms with E-state index in [9.17, 15) is 0 Å². The molecular formula is C17H25N7. The van der Waals surface area contributed by atoms with Crippen LogP contribution < -0.4 is 10.6 Å². The molecule has 128 valence electrons. The molecule has 2 N–H and O–H groups in total. The number of aliphatic imine (C=N–C) groups is 1. The van der Waals surface area contributed by atoms with Gasteiger partial charge in [-0.3, -0.25) is 14.3 Å². The lowest BCUT2D eigenvalue weighted by molar-refractivity contribution is 0.315. The van der Waals surface area contributed by atoms with Crippen LogP contribution in [-0.4, -0.2) is 57.7 Å². The third kappa shape index (κ3) is 3.08. The Labute approximate surface area is 142 Å². The third-order valence-corrected chi connectivity index (χ3v) is 5.05. The summed E-state index contributed by atoms with van der Waals surface area (Å²) in [5.74, 6) is 2.35. The molecule has 1 saturated heterocycles. The zero-order valence-corrected chi connectivity index (χ0v) is 14.3. The Morgan fingerprint density at radius 1 is 1.29 bits per heavy atom. The summed E-state index contributed by atoms with van der Waals surface area (Å²) in [6, 6.07) is 7.19. The molecule has 24 heavy (non-hydrogen) atoms. The van der Waals surface area contributed by atoms with E-state index in [0.717, 1.165) is 30.0 Å². The lowest BCUT2D eigenvalue weighted by Crippen LogP contribution is -2.46. The number of rotatable bonds is 4. The maximum Gasteiger partial charge on any atom is 0.191 e. The molecule has 0 spiro atoms. The van der Waals surface area contributed by atoms with Gasteiger partial charge in [0.1, 0.15) is 0 Å². The molecule has 2 aliphatic rings. The van der Waals surface area contributed by atoms with E-state index in [1.54, 1.807) is 0 Å². The Morgan fingerprint density at radius 2 is 2.17 bits per heavy atom. The van der Waals surface area contributed by atoms with E-state index in [0.29, 0.717) is 18.5 Å². The minimum Gasteiger partial charge on any atom is -0.352 e. The van der Waals surface area contributed by atoms with Crippen LogP contribution in [0.4, 0.5) is 0 Å². The second kappa shape index (κ2) is 6.39. The summed E-state index contributed by atoms with van der Waals surface area (Å²) < 4.78 is 1.99. The zero-order valence-electron chi connectivity index (χ0n) is 14.3. The number of pyridine rings is 1. The molecule has 1 saturated carbocycles. The topological polar surface area (TPSA) is 69.8 Å². The zero-order chi connectivity index (χ0) is 16.5. The molecule has 1 aliphatic carbocycles. The minimum absolute atomic E-state index is 0.451. The molecule has 7 nitrogen and oxygen atoms in total. The molecule has 0 bridgehead atoms. The molecular weight excluding hydrogens is 302 g/mol. The Hall–Kier alpha value is -2.15. The molecule has 0 radical (unpaired) electrons. The van der Waals surface area contributed by atoms with Crippen molar-refractivity contribution in [2.45, 2.75) is 38.4 Å². The second-order valence-electron chi connectivity index (χ2n) is 6.88. The Kier molecular flexibility index (Phi) is 4.10. The number of likely N-dealkylation sites (tertiary alicyclic amines) is 1. The fraction of sp³-hybridized carbons (Fsp3) is 0.588. The first-order valence-corrected chi connectivity index (χ1v) is 8.74. The van der Waals surface area contributed by atoms with E-state index < -0.39 is 0 Å². The van der Waals surface area contributed by atoms with Crippen molar-refractivity contribution in [2.75, 3.05) is 20.1 Å². The highest BCUT2D eigenvalue weighted by molar-refractivity contribution is 5.80. The van der Waals surface area contributed by atoms with Gasteiger partial charge in [0.25, 0.3) is 0 Å². The quantitative estimate of drug-likeness (QED) is 0.644. The van der Waals surface area contributed by atoms with Crippen molar-refractivity contribution in [3.05, 3.63) is 30.2 Å². The van der Waals surface area contributed by atoms with Crippen molar-refractivity contribution >= 4 is 11.6 Å². The maximum absolute atomic E-state index is 4.37. The van der Waals surface area contributed by atoms with E-state index in [4.69, 9.17) is 0 Å². The average Bonchev–Trinajstić information content (AvgIpc) is 3.28. The largest absolute Gasteiger partial charge is 0.352 e. The van der Waals surface area contributed by atoms with Gasteiger partial charge < -0.3 is 10.6 Å². The van der Waals surface area contributed by atoms with Crippen LogP contribution in [0.15, 0.2) is 29.4 Å². The van der Waals surface area contributed by atoms with Crippen LogP contribution in [-0.2, 0) is 6.54 Å². The number of nitrogens with one attached hydrogen (secondary N) is 2. The number of aromatic nitrogens is 3. The maximum atomic E-state index is 4.37. The second-order valence-corrected chi connectivity index (χ2v) is 6.88. The highest BCUT2D eigenvalue weighted by Gasteiger charge is 2.38. The number of fused-ring (bicyclic) bond motifs is 1. The van der Waals surface area contributed by atoms with Crippen LogP contribution in [0.3, 0.4) is 0 Å². The van der Waals surface area contributed by atoms with Gasteiger partial charge in [0.2, 0.25) is 0 Å². The van der Waals surface area contributed by atoms with Crippen molar-refractivity contribution in [3.8, 4) is 0 Å². The molecule has 1 aliphatic heterocycles. The van der Waals surface area contributed by atoms with Gasteiger partial charge in [0, 0.05) is 38.4 Å². The van der Waals surface area contributed by atoms with Gasteiger partial charge in [0.15, 0.2) is 17.4 Å². The van der Waals surface area contributed by atoms with Gasteiger partial charge in [-0.1, -0.05) is 13.0 Å². The summed E-state index contributed by atoms with van der Waals surface area (Å²) in [6.45, 7) is 5.21. The van der Waals surface area contributed by atoms with Crippen LogP contribution in [0, 0.1) is 5.92 Å². The smallest absolute Gasteiger partial charge is 0.191 e. The first-order chi connectivity index (χ1) is 11.7. The van der Waals surface area contributed by atoms with Crippen molar-refractivity contribution in [1.29, 1.82) is 0 Å². The van der Waals surface area contributed by atoms with Crippen LogP contribution >= 0.6 is 0 Å². The number of nitrogens with zero attached hydrogens (tertiary/aromatic N) is 5. The lowest BCUT2D eigenvalue weighted by atomic mass is 10.1. The van der Waals surface area contributed by atoms with Crippen molar-refractivity contribution in [2.24, 2.45) is 10.9 Å². The lowest BCUT2D eigenvalue weighted by Gasteiger charge is -2.20. The summed E-state index contributed by atoms with van der Waals surface area (Å²) in [6.07, 6.45) is 4.72. The highest BCUT2D eigenvalue weighted by atomic mass is 15.3. The molecule has 3 heterocycles. The van der Waals surface area contributed by atoms with Crippen LogP contribution in [0.1, 0.15) is 25.6 Å². The first-order valence-electron chi connectivity index (χ1n) is 8.74. The van der Waals surface area contributed by atoms with Gasteiger partial charge in [-0.15, -0.1) is 10.2 Å². The van der Waals surface area contributed by atoms with Crippen molar-refractivity contribution in [3.63, 3.8) is 0 Å². The monoisotopic (exact) mass is 327 g/mol. The molecule has 2 fully saturated rings. The SMILES string of the molecule is CN=C(NCc1nnc2ccccn12)NC1CN(C2CC2)CC1C. The van der Waals surface area contributed by atoms with Gasteiger partial charge >= 0.3 is 0 Å². The summed E-state index contributed by atoms with van der Waals surface area (Å²) in [5, 5.41) is 15.4. The third-order valence-electron chi connectivity index (χ3n) is 5.05. The summed E-state index contributed by atoms with van der Waals surface area (Å²) in [7, 11) is 1.82. The Balaban J connectivity index is 1.36. The van der Waals surface area contributed by atoms with Crippen molar-refractivity contribution < 1.29 is 0 Å². The molecule has 0 amide bonds. The van der Waals surface area contributed by atoms with Gasteiger partial charge in [0.05, 0.1) is 6.54 Å². The molecule has 2 aromatic rings. The van der Waals surface area contributed by atoms with Gasteiger partial charge in [-0.25, -0.2) is 0 Å². The number of hydrogen-bond donors (Lipinski definition) is 2. The predicted octanol–water partition coefficient (Wildman–Crippen LogP) is 0.877. The molecule has 2 atom stereocenters. The normalized spacial score (nSPS) is 25.3. The van der Waals surface area contributed by atoms with Crippen LogP contribution in [0.2, 0.25) is 0 Å². The summed E-state index contributed by atoms with van der Waals surface area (Å²) in [4.78, 5) is 6.98. The van der Waals surface area contributed by atoms with Crippen molar-refractivity contribution in [1.82, 2.24) is 30.1 Å². The summed E-state index contributed by atoms with van der Waals surface area (Å²) >= 11 is 0. The van der Waals surface area contributed by atoms with Gasteiger partial charge in [-0.05, 0) is 30.9 Å². The number of guanidine groups is 1. The van der Waals surface area contributed by atoms with E-state index in [1.807, 2.05) is 35.8 Å². The first kappa shape index (κ1) is 15.4. The van der Waals surface area contributed by atoms with E-state index in [1.165, 1.54) is 19.4 Å². The van der Waals surface area contributed by atoms with E-state index >= 15 is 0 Å². The fourth-order valence-electron chi connectivity index (χ4n) is 3.47. The molecule has 2 unspecified atom stereocenters. The van der Waals surface area contributed by atoms with Crippen LogP contribution in [0.25, 0.3) is 5.65 Å². The fourth-order valence-corrected chi connectivity index (χ4v) is 3.47. The summed E-state index contributed by atoms with van der Waals surface area (Å²) in [5.41, 5.74) is 0.863. The van der Waals surface area contributed by atoms with Crippen LogP contribution in [0.5, 0.6) is 0 Å². The number of hydrogen-bond acceptors (Lipinski definition) is 4. The van der Waals surface area contributed by atoms with E-state index in [-0.39, 0.29) is 0 Å².